The largest absolute Gasteiger partial charge is 0.507 e. The summed E-state index contributed by atoms with van der Waals surface area (Å²) in [6.45, 7) is 9.80. The van der Waals surface area contributed by atoms with Gasteiger partial charge < -0.3 is 14.9 Å². The number of thiophene rings is 1. The molecule has 2 heterocycles. The molecule has 2 aromatic rings. The fourth-order valence-corrected chi connectivity index (χ4v) is 4.67. The van der Waals surface area contributed by atoms with Crippen molar-refractivity contribution in [1.82, 2.24) is 4.90 Å². The third kappa shape index (κ3) is 4.43. The van der Waals surface area contributed by atoms with Crippen LogP contribution in [0.4, 0.5) is 0 Å². The van der Waals surface area contributed by atoms with Crippen molar-refractivity contribution < 1.29 is 19.6 Å². The van der Waals surface area contributed by atoms with Crippen molar-refractivity contribution in [3.05, 3.63) is 63.4 Å². The Bertz CT molecular complexity index is 883. The van der Waals surface area contributed by atoms with Crippen LogP contribution in [0.15, 0.2) is 47.4 Å². The summed E-state index contributed by atoms with van der Waals surface area (Å²) >= 11 is 1.50. The fraction of sp³-hybridized carbons (Fsp3) is 0.391. The molecule has 2 N–H and O–H groups in total. The molecule has 0 saturated carbocycles. The summed E-state index contributed by atoms with van der Waals surface area (Å²) < 4.78 is 0. The van der Waals surface area contributed by atoms with E-state index < -0.39 is 17.7 Å². The van der Waals surface area contributed by atoms with Gasteiger partial charge in [0.1, 0.15) is 5.76 Å². The quantitative estimate of drug-likeness (QED) is 0.397. The zero-order valence-electron chi connectivity index (χ0n) is 17.3. The molecule has 1 atom stereocenters. The van der Waals surface area contributed by atoms with E-state index in [9.17, 15) is 14.7 Å². The minimum absolute atomic E-state index is 0.0985. The van der Waals surface area contributed by atoms with Crippen LogP contribution in [-0.4, -0.2) is 47.9 Å². The second-order valence-corrected chi connectivity index (χ2v) is 8.41. The predicted molar refractivity (Wildman–Crippen MR) is 116 cm³/mol. The van der Waals surface area contributed by atoms with E-state index in [1.165, 1.54) is 16.2 Å². The van der Waals surface area contributed by atoms with Gasteiger partial charge >= 0.3 is 0 Å². The number of aliphatic hydroxyl groups excluding tert-OH is 1. The zero-order chi connectivity index (χ0) is 21.0. The first-order valence-electron chi connectivity index (χ1n) is 10.2. The van der Waals surface area contributed by atoms with Crippen LogP contribution in [-0.2, 0) is 9.59 Å². The fourth-order valence-electron chi connectivity index (χ4n) is 3.82. The predicted octanol–water partition coefficient (Wildman–Crippen LogP) is 2.79. The average molecular weight is 414 g/mol. The van der Waals surface area contributed by atoms with E-state index in [0.717, 1.165) is 36.5 Å². The molecule has 0 aliphatic carbocycles. The zero-order valence-corrected chi connectivity index (χ0v) is 18.1. The van der Waals surface area contributed by atoms with Crippen molar-refractivity contribution in [2.45, 2.75) is 33.2 Å². The summed E-state index contributed by atoms with van der Waals surface area (Å²) in [5.41, 5.74) is 1.81. The second kappa shape index (κ2) is 9.37. The normalized spacial score (nSPS) is 18.8. The molecule has 1 aromatic carbocycles. The lowest BCUT2D eigenvalue weighted by Crippen LogP contribution is -3.11. The number of aryl methyl sites for hydroxylation is 1. The Kier molecular flexibility index (Phi) is 6.87. The Morgan fingerprint density at radius 1 is 1.14 bits per heavy atom. The molecular weight excluding hydrogens is 384 g/mol. The molecule has 1 aliphatic heterocycles. The summed E-state index contributed by atoms with van der Waals surface area (Å²) in [7, 11) is 0. The number of benzene rings is 1. The number of carbonyl (C=O) groups excluding carboxylic acids is 2. The molecule has 0 bridgehead atoms. The van der Waals surface area contributed by atoms with Crippen LogP contribution in [0.2, 0.25) is 0 Å². The van der Waals surface area contributed by atoms with Crippen LogP contribution in [0.5, 0.6) is 0 Å². The lowest BCUT2D eigenvalue weighted by Gasteiger charge is -2.25. The first-order chi connectivity index (χ1) is 14.0. The van der Waals surface area contributed by atoms with Gasteiger partial charge in [0, 0.05) is 23.4 Å². The molecule has 29 heavy (non-hydrogen) atoms. The number of hydrogen-bond donors (Lipinski definition) is 2. The summed E-state index contributed by atoms with van der Waals surface area (Å²) in [6.07, 6.45) is 0.816. The third-order valence-electron chi connectivity index (χ3n) is 5.61. The first-order valence-corrected chi connectivity index (χ1v) is 11.1. The average Bonchev–Trinajstić information content (AvgIpc) is 3.33. The summed E-state index contributed by atoms with van der Waals surface area (Å²) in [4.78, 5) is 29.8. The number of nitrogens with one attached hydrogen (secondary N) is 1. The van der Waals surface area contributed by atoms with E-state index in [2.05, 4.69) is 13.8 Å². The highest BCUT2D eigenvalue weighted by Crippen LogP contribution is 2.41. The highest BCUT2D eigenvalue weighted by Gasteiger charge is 2.46. The van der Waals surface area contributed by atoms with Crippen LogP contribution in [0, 0.1) is 6.92 Å². The number of amides is 1. The maximum absolute atomic E-state index is 12.9. The number of nitrogens with zero attached hydrogens (tertiary/aromatic N) is 1. The van der Waals surface area contributed by atoms with Crippen molar-refractivity contribution in [2.24, 2.45) is 0 Å². The molecule has 3 rings (SSSR count). The Labute approximate surface area is 176 Å². The molecule has 154 valence electrons. The Hall–Kier alpha value is -2.44. The van der Waals surface area contributed by atoms with Crippen molar-refractivity contribution in [3.63, 3.8) is 0 Å². The topological polar surface area (TPSA) is 62.0 Å². The van der Waals surface area contributed by atoms with Crippen LogP contribution in [0.25, 0.3) is 5.76 Å². The minimum Gasteiger partial charge on any atom is -0.507 e. The molecule has 1 amide bonds. The maximum atomic E-state index is 12.9. The number of hydrogen-bond acceptors (Lipinski definition) is 4. The lowest BCUT2D eigenvalue weighted by molar-refractivity contribution is -0.896. The molecule has 1 fully saturated rings. The molecule has 0 radical (unpaired) electrons. The van der Waals surface area contributed by atoms with Crippen LogP contribution < -0.4 is 4.90 Å². The summed E-state index contributed by atoms with van der Waals surface area (Å²) in [5, 5.41) is 12.9. The lowest BCUT2D eigenvalue weighted by atomic mass is 9.99. The summed E-state index contributed by atoms with van der Waals surface area (Å²) in [6, 6.07) is 10.7. The van der Waals surface area contributed by atoms with Gasteiger partial charge in [0.15, 0.2) is 0 Å². The summed E-state index contributed by atoms with van der Waals surface area (Å²) in [5.74, 6) is -1.22. The molecule has 0 spiro atoms. The van der Waals surface area contributed by atoms with E-state index in [1.54, 1.807) is 17.0 Å². The molecule has 1 saturated heterocycles. The van der Waals surface area contributed by atoms with Gasteiger partial charge in [-0.2, -0.15) is 0 Å². The number of rotatable bonds is 8. The van der Waals surface area contributed by atoms with Crippen molar-refractivity contribution in [2.75, 3.05) is 26.2 Å². The van der Waals surface area contributed by atoms with Gasteiger partial charge in [-0.1, -0.05) is 35.9 Å². The van der Waals surface area contributed by atoms with Crippen LogP contribution >= 0.6 is 11.3 Å². The Morgan fingerprint density at radius 2 is 1.83 bits per heavy atom. The van der Waals surface area contributed by atoms with Crippen molar-refractivity contribution in [1.29, 1.82) is 0 Å². The Morgan fingerprint density at radius 3 is 2.41 bits per heavy atom. The van der Waals surface area contributed by atoms with E-state index in [-0.39, 0.29) is 11.3 Å². The number of Topliss-reactive ketones (excluding diaryl/α,β-unsaturated/α-hetero) is 1. The molecule has 1 aromatic heterocycles. The molecular formula is C23H29N2O3S+. The molecule has 6 heteroatoms. The van der Waals surface area contributed by atoms with Crippen molar-refractivity contribution >= 4 is 28.8 Å². The maximum Gasteiger partial charge on any atom is 0.295 e. The Balaban J connectivity index is 1.95. The number of carbonyl (C=O) groups is 2. The molecule has 0 unspecified atom stereocenters. The standard InChI is InChI=1S/C23H28N2O3S/c1-4-24(5-2)13-7-14-25-20(18-8-6-15-29-18)19(22(27)23(25)28)21(26)17-11-9-16(3)10-12-17/h6,8-12,15,20,26H,4-5,7,13-14H2,1-3H3/p+1/t20-/m1/s1. The van der Waals surface area contributed by atoms with Gasteiger partial charge in [-0.25, -0.2) is 0 Å². The van der Waals surface area contributed by atoms with Gasteiger partial charge in [-0.05, 0) is 32.2 Å². The van der Waals surface area contributed by atoms with Gasteiger partial charge in [-0.15, -0.1) is 11.3 Å². The van der Waals surface area contributed by atoms with E-state index in [4.69, 9.17) is 0 Å². The van der Waals surface area contributed by atoms with E-state index >= 15 is 0 Å². The van der Waals surface area contributed by atoms with Crippen LogP contribution in [0.3, 0.4) is 0 Å². The first kappa shape index (κ1) is 21.3. The number of likely N-dealkylation sites (tertiary alicyclic amines) is 1. The highest BCUT2D eigenvalue weighted by atomic mass is 32.1. The number of ketones is 1. The van der Waals surface area contributed by atoms with Gasteiger partial charge in [0.25, 0.3) is 11.7 Å². The van der Waals surface area contributed by atoms with Gasteiger partial charge in [-0.3, -0.25) is 9.59 Å². The van der Waals surface area contributed by atoms with Gasteiger partial charge in [0.2, 0.25) is 0 Å². The molecule has 1 aliphatic rings. The van der Waals surface area contributed by atoms with E-state index in [1.807, 2.05) is 36.6 Å². The minimum atomic E-state index is -0.600. The second-order valence-electron chi connectivity index (χ2n) is 7.43. The van der Waals surface area contributed by atoms with E-state index in [0.29, 0.717) is 12.1 Å². The molecule has 5 nitrogen and oxygen atoms in total. The number of aliphatic hydroxyl groups is 1. The number of quaternary nitrogens is 1. The monoisotopic (exact) mass is 413 g/mol. The SMILES string of the molecule is CC[NH+](CC)CCCN1C(=O)C(=O)C(=C(O)c2ccc(C)cc2)[C@H]1c1cccs1. The van der Waals surface area contributed by atoms with Crippen LogP contribution in [0.1, 0.15) is 42.3 Å². The van der Waals surface area contributed by atoms with Crippen molar-refractivity contribution in [3.8, 4) is 0 Å². The highest BCUT2D eigenvalue weighted by molar-refractivity contribution is 7.10. The van der Waals surface area contributed by atoms with Gasteiger partial charge in [0.05, 0.1) is 31.2 Å². The smallest absolute Gasteiger partial charge is 0.295 e. The third-order valence-corrected chi connectivity index (χ3v) is 6.53.